The van der Waals surface area contributed by atoms with E-state index in [4.69, 9.17) is 0 Å². The van der Waals surface area contributed by atoms with E-state index in [0.717, 1.165) is 32.0 Å². The number of hydrogen-bond donors (Lipinski definition) is 1. The van der Waals surface area contributed by atoms with E-state index < -0.39 is 11.6 Å². The molecule has 0 amide bonds. The maximum atomic E-state index is 13.0. The maximum Gasteiger partial charge on any atom is 0.159 e. The van der Waals surface area contributed by atoms with Gasteiger partial charge in [0.1, 0.15) is 0 Å². The Morgan fingerprint density at radius 1 is 1.24 bits per heavy atom. The first-order valence-corrected chi connectivity index (χ1v) is 6.02. The fourth-order valence-corrected chi connectivity index (χ4v) is 1.54. The molecule has 0 aromatic heterocycles. The second-order valence-electron chi connectivity index (χ2n) is 4.01. The summed E-state index contributed by atoms with van der Waals surface area (Å²) in [7, 11) is 0. The van der Waals surface area contributed by atoms with Crippen molar-refractivity contribution in [1.82, 2.24) is 5.32 Å². The zero-order chi connectivity index (χ0) is 12.7. The van der Waals surface area contributed by atoms with Gasteiger partial charge in [0.2, 0.25) is 0 Å². The molecule has 3 heteroatoms. The van der Waals surface area contributed by atoms with Crippen molar-refractivity contribution in [2.45, 2.75) is 26.7 Å². The van der Waals surface area contributed by atoms with Gasteiger partial charge in [-0.25, -0.2) is 8.78 Å². The van der Waals surface area contributed by atoms with Crippen LogP contribution in [0.4, 0.5) is 8.78 Å². The van der Waals surface area contributed by atoms with Crippen LogP contribution >= 0.6 is 0 Å². The van der Waals surface area contributed by atoms with Gasteiger partial charge in [-0.3, -0.25) is 0 Å². The zero-order valence-electron chi connectivity index (χ0n) is 10.4. The van der Waals surface area contributed by atoms with Crippen LogP contribution in [0.1, 0.15) is 32.3 Å². The molecule has 0 atom stereocenters. The second-order valence-corrected chi connectivity index (χ2v) is 4.01. The van der Waals surface area contributed by atoms with E-state index in [9.17, 15) is 8.78 Å². The first-order valence-electron chi connectivity index (χ1n) is 6.02. The van der Waals surface area contributed by atoms with Crippen LogP contribution in [0.5, 0.6) is 0 Å². The fourth-order valence-electron chi connectivity index (χ4n) is 1.54. The number of nitrogens with one attached hydrogen (secondary N) is 1. The largest absolute Gasteiger partial charge is 0.313 e. The standard InChI is InChI=1S/C14H19F2N/c1-3-7-17-10-11(4-2)8-12-5-6-13(15)14(16)9-12/h5-6,8-9,17H,3-4,7,10H2,1-2H3. The van der Waals surface area contributed by atoms with Crippen LogP contribution in [0.25, 0.3) is 6.08 Å². The highest BCUT2D eigenvalue weighted by molar-refractivity contribution is 5.53. The van der Waals surface area contributed by atoms with E-state index >= 15 is 0 Å². The summed E-state index contributed by atoms with van der Waals surface area (Å²) in [6.07, 6.45) is 3.89. The fraction of sp³-hybridized carbons (Fsp3) is 0.429. The average Bonchev–Trinajstić information content (AvgIpc) is 2.32. The first-order chi connectivity index (χ1) is 8.17. The van der Waals surface area contributed by atoms with Crippen molar-refractivity contribution in [3.8, 4) is 0 Å². The summed E-state index contributed by atoms with van der Waals surface area (Å²) in [6, 6.07) is 3.98. The lowest BCUT2D eigenvalue weighted by atomic mass is 10.1. The summed E-state index contributed by atoms with van der Waals surface area (Å²) in [5.41, 5.74) is 1.89. The Labute approximate surface area is 102 Å². The van der Waals surface area contributed by atoms with Gasteiger partial charge >= 0.3 is 0 Å². The average molecular weight is 239 g/mol. The topological polar surface area (TPSA) is 12.0 Å². The Balaban J connectivity index is 2.72. The number of benzene rings is 1. The normalized spacial score (nSPS) is 11.9. The van der Waals surface area contributed by atoms with Crippen molar-refractivity contribution in [2.24, 2.45) is 0 Å². The van der Waals surface area contributed by atoms with Crippen LogP contribution in [0.3, 0.4) is 0 Å². The summed E-state index contributed by atoms with van der Waals surface area (Å²) in [5, 5.41) is 3.30. The maximum absolute atomic E-state index is 13.0. The molecule has 1 N–H and O–H groups in total. The lowest BCUT2D eigenvalue weighted by molar-refractivity contribution is 0.508. The Kier molecular flexibility index (Phi) is 5.84. The Morgan fingerprint density at radius 3 is 2.59 bits per heavy atom. The molecule has 1 aromatic carbocycles. The Hall–Kier alpha value is -1.22. The highest BCUT2D eigenvalue weighted by Gasteiger charge is 2.01. The van der Waals surface area contributed by atoms with Gasteiger partial charge in [0.15, 0.2) is 11.6 Å². The molecule has 0 radical (unpaired) electrons. The van der Waals surface area contributed by atoms with Gasteiger partial charge in [0.25, 0.3) is 0 Å². The van der Waals surface area contributed by atoms with Crippen LogP contribution < -0.4 is 5.32 Å². The van der Waals surface area contributed by atoms with Gasteiger partial charge < -0.3 is 5.32 Å². The zero-order valence-corrected chi connectivity index (χ0v) is 10.4. The minimum absolute atomic E-state index is 0.707. The SMILES string of the molecule is CCCNCC(=Cc1ccc(F)c(F)c1)CC. The first kappa shape index (κ1) is 13.8. The second kappa shape index (κ2) is 7.17. The van der Waals surface area contributed by atoms with Gasteiger partial charge in [-0.05, 0) is 37.1 Å². The molecule has 0 spiro atoms. The lowest BCUT2D eigenvalue weighted by Gasteiger charge is -2.06. The third-order valence-corrected chi connectivity index (χ3v) is 2.55. The molecule has 94 valence electrons. The van der Waals surface area contributed by atoms with Gasteiger partial charge in [-0.2, -0.15) is 0 Å². The molecule has 0 bridgehead atoms. The monoisotopic (exact) mass is 239 g/mol. The van der Waals surface area contributed by atoms with Crippen LogP contribution in [0, 0.1) is 11.6 Å². The van der Waals surface area contributed by atoms with Crippen LogP contribution in [0.15, 0.2) is 23.8 Å². The quantitative estimate of drug-likeness (QED) is 0.745. The number of rotatable bonds is 6. The molecule has 0 fully saturated rings. The molecule has 0 aliphatic rings. The highest BCUT2D eigenvalue weighted by atomic mass is 19.2. The molecular formula is C14H19F2N. The molecule has 1 nitrogen and oxygen atoms in total. The third kappa shape index (κ3) is 4.65. The summed E-state index contributed by atoms with van der Waals surface area (Å²) in [4.78, 5) is 0. The summed E-state index contributed by atoms with van der Waals surface area (Å²) in [6.45, 7) is 5.93. The van der Waals surface area contributed by atoms with Crippen molar-refractivity contribution in [3.63, 3.8) is 0 Å². The Bertz CT molecular complexity index is 386. The van der Waals surface area contributed by atoms with E-state index in [-0.39, 0.29) is 0 Å². The van der Waals surface area contributed by atoms with Gasteiger partial charge in [0, 0.05) is 6.54 Å². The molecule has 0 unspecified atom stereocenters. The highest BCUT2D eigenvalue weighted by Crippen LogP contribution is 2.13. The van der Waals surface area contributed by atoms with Gasteiger partial charge in [-0.15, -0.1) is 0 Å². The van der Waals surface area contributed by atoms with Crippen LogP contribution in [-0.2, 0) is 0 Å². The predicted molar refractivity (Wildman–Crippen MR) is 67.8 cm³/mol. The molecule has 0 aliphatic heterocycles. The summed E-state index contributed by atoms with van der Waals surface area (Å²) >= 11 is 0. The van der Waals surface area contributed by atoms with Crippen molar-refractivity contribution in [1.29, 1.82) is 0 Å². The van der Waals surface area contributed by atoms with Crippen molar-refractivity contribution in [3.05, 3.63) is 41.0 Å². The molecule has 1 aromatic rings. The summed E-state index contributed by atoms with van der Waals surface area (Å²) in [5.74, 6) is -1.60. The van der Waals surface area contributed by atoms with E-state index in [0.29, 0.717) is 5.56 Å². The molecular weight excluding hydrogens is 220 g/mol. The smallest absolute Gasteiger partial charge is 0.159 e. The number of hydrogen-bond acceptors (Lipinski definition) is 1. The van der Waals surface area contributed by atoms with Gasteiger partial charge in [-0.1, -0.05) is 31.6 Å². The number of halogens is 2. The molecule has 0 saturated heterocycles. The van der Waals surface area contributed by atoms with Crippen molar-refractivity contribution in [2.75, 3.05) is 13.1 Å². The van der Waals surface area contributed by atoms with E-state index in [1.165, 1.54) is 11.6 Å². The molecule has 0 aliphatic carbocycles. The van der Waals surface area contributed by atoms with Gasteiger partial charge in [0.05, 0.1) is 0 Å². The molecule has 0 heterocycles. The predicted octanol–water partition coefficient (Wildman–Crippen LogP) is 3.76. The van der Waals surface area contributed by atoms with Crippen LogP contribution in [0.2, 0.25) is 0 Å². The lowest BCUT2D eigenvalue weighted by Crippen LogP contribution is -2.17. The van der Waals surface area contributed by atoms with Crippen molar-refractivity contribution < 1.29 is 8.78 Å². The molecule has 0 saturated carbocycles. The van der Waals surface area contributed by atoms with E-state index in [1.54, 1.807) is 6.07 Å². The third-order valence-electron chi connectivity index (χ3n) is 2.55. The molecule has 17 heavy (non-hydrogen) atoms. The Morgan fingerprint density at radius 2 is 2.00 bits per heavy atom. The minimum Gasteiger partial charge on any atom is -0.313 e. The van der Waals surface area contributed by atoms with E-state index in [2.05, 4.69) is 19.2 Å². The summed E-state index contributed by atoms with van der Waals surface area (Å²) < 4.78 is 25.8. The van der Waals surface area contributed by atoms with E-state index in [1.807, 2.05) is 6.08 Å². The van der Waals surface area contributed by atoms with Crippen LogP contribution in [-0.4, -0.2) is 13.1 Å². The molecule has 1 rings (SSSR count). The minimum atomic E-state index is -0.802. The van der Waals surface area contributed by atoms with Crippen molar-refractivity contribution >= 4 is 6.08 Å².